The lowest BCUT2D eigenvalue weighted by atomic mass is 9.94. The largest absolute Gasteiger partial charge is 0.335 e. The second-order valence-electron chi connectivity index (χ2n) is 16.6. The van der Waals surface area contributed by atoms with Crippen molar-refractivity contribution < 1.29 is 14.4 Å². The van der Waals surface area contributed by atoms with Gasteiger partial charge in [-0.25, -0.2) is 4.79 Å². The number of allylic oxidation sites excluding steroid dienone is 7. The number of benzene rings is 2. The van der Waals surface area contributed by atoms with Crippen LogP contribution in [-0.4, -0.2) is 53.3 Å². The van der Waals surface area contributed by atoms with Crippen molar-refractivity contribution in [2.75, 3.05) is 29.4 Å². The van der Waals surface area contributed by atoms with Crippen LogP contribution < -0.4 is 9.80 Å². The number of para-hydroxylation sites is 2. The molecule has 1 saturated heterocycles. The van der Waals surface area contributed by atoms with Gasteiger partial charge in [0.05, 0.1) is 21.4 Å². The number of carbonyl (C=O) groups is 3. The number of imide groups is 2. The number of thioether (sulfide) groups is 2. The second-order valence-corrected chi connectivity index (χ2v) is 18.7. The van der Waals surface area contributed by atoms with Crippen molar-refractivity contribution in [3.05, 3.63) is 105 Å². The molecule has 0 spiro atoms. The van der Waals surface area contributed by atoms with Gasteiger partial charge in [-0.2, -0.15) is 0 Å². The average molecular weight is 807 g/mol. The van der Waals surface area contributed by atoms with Crippen LogP contribution in [0.4, 0.5) is 16.2 Å². The predicted octanol–water partition coefficient (Wildman–Crippen LogP) is 12.5. The van der Waals surface area contributed by atoms with E-state index in [9.17, 15) is 14.4 Å². The molecule has 4 aliphatic rings. The highest BCUT2D eigenvalue weighted by molar-refractivity contribution is 8.04. The molecule has 0 radical (unpaired) electrons. The maximum atomic E-state index is 14.8. The Morgan fingerprint density at radius 1 is 0.579 bits per heavy atom. The Morgan fingerprint density at radius 3 is 1.58 bits per heavy atom. The molecule has 1 atom stereocenters. The standard InChI is InChI=1S/C48H62N4O3S2/c1-8-10-12-17-35(7)52-47(54)45(46(53)51(48(52)55)30-11-9-2)44-36(24-26-42-49(31-28-33(3)4)38-18-13-15-20-40(38)56-42)22-23-37(44)25-27-43-50(32-29-34(5)6)39-19-14-16-21-41(39)57-43/h13-16,18-21,24-27,33-35H,8-12,17,22-23,28-32H2,1-7H3/b36-24+,37-25+,42-26-,43-27-. The third kappa shape index (κ3) is 9.68. The minimum Gasteiger partial charge on any atom is -0.335 e. The Balaban J connectivity index is 1.48. The number of hydrogen-bond donors (Lipinski definition) is 0. The number of urea groups is 1. The lowest BCUT2D eigenvalue weighted by Crippen LogP contribution is -2.59. The summed E-state index contributed by atoms with van der Waals surface area (Å²) >= 11 is 3.54. The zero-order chi connectivity index (χ0) is 40.6. The Morgan fingerprint density at radius 2 is 1.09 bits per heavy atom. The summed E-state index contributed by atoms with van der Waals surface area (Å²) in [5.74, 6) is 0.206. The van der Waals surface area contributed by atoms with Crippen LogP contribution >= 0.6 is 23.5 Å². The second kappa shape index (κ2) is 19.7. The lowest BCUT2D eigenvalue weighted by Gasteiger charge is -2.38. The Labute approximate surface area is 350 Å². The fourth-order valence-corrected chi connectivity index (χ4v) is 10.1. The summed E-state index contributed by atoms with van der Waals surface area (Å²) in [6, 6.07) is 16.3. The van der Waals surface area contributed by atoms with Gasteiger partial charge in [0, 0.05) is 35.5 Å². The van der Waals surface area contributed by atoms with Crippen LogP contribution in [0.3, 0.4) is 0 Å². The molecule has 6 rings (SSSR count). The van der Waals surface area contributed by atoms with Gasteiger partial charge in [-0.15, -0.1) is 0 Å². The van der Waals surface area contributed by atoms with E-state index in [0.717, 1.165) is 72.8 Å². The number of barbiturate groups is 1. The van der Waals surface area contributed by atoms with E-state index in [1.54, 1.807) is 23.5 Å². The van der Waals surface area contributed by atoms with Crippen LogP contribution in [0.2, 0.25) is 0 Å². The summed E-state index contributed by atoms with van der Waals surface area (Å²) in [6.07, 6.45) is 17.4. The Hall–Kier alpha value is -3.95. The lowest BCUT2D eigenvalue weighted by molar-refractivity contribution is -0.137. The van der Waals surface area contributed by atoms with Crippen LogP contribution in [0.5, 0.6) is 0 Å². The Bertz CT molecular complexity index is 1870. The van der Waals surface area contributed by atoms with E-state index in [0.29, 0.717) is 49.6 Å². The summed E-state index contributed by atoms with van der Waals surface area (Å²) in [5, 5.41) is 2.28. The molecular weight excluding hydrogens is 745 g/mol. The van der Waals surface area contributed by atoms with E-state index in [-0.39, 0.29) is 11.6 Å². The monoisotopic (exact) mass is 806 g/mol. The van der Waals surface area contributed by atoms with Gasteiger partial charge >= 0.3 is 6.03 Å². The molecule has 1 aliphatic carbocycles. The van der Waals surface area contributed by atoms with Gasteiger partial charge in [-0.3, -0.25) is 19.4 Å². The maximum absolute atomic E-state index is 14.8. The third-order valence-corrected chi connectivity index (χ3v) is 13.5. The summed E-state index contributed by atoms with van der Waals surface area (Å²) in [6.45, 7) is 17.3. The number of unbranched alkanes of at least 4 members (excludes halogenated alkanes) is 3. The maximum Gasteiger partial charge on any atom is 0.334 e. The zero-order valence-corrected chi connectivity index (χ0v) is 36.8. The first-order chi connectivity index (χ1) is 27.5. The van der Waals surface area contributed by atoms with Crippen molar-refractivity contribution in [2.24, 2.45) is 11.8 Å². The smallest absolute Gasteiger partial charge is 0.334 e. The van der Waals surface area contributed by atoms with Crippen LogP contribution in [0.1, 0.15) is 113 Å². The predicted molar refractivity (Wildman–Crippen MR) is 239 cm³/mol. The van der Waals surface area contributed by atoms with E-state index >= 15 is 0 Å². The molecule has 9 heteroatoms. The molecule has 3 aliphatic heterocycles. The normalized spacial score (nSPS) is 20.6. The quantitative estimate of drug-likeness (QED) is 0.0951. The molecule has 2 fully saturated rings. The summed E-state index contributed by atoms with van der Waals surface area (Å²) in [5.41, 5.74) is 5.20. The number of hydrogen-bond acceptors (Lipinski definition) is 7. The number of carbonyl (C=O) groups excluding carboxylic acids is 3. The van der Waals surface area contributed by atoms with Crippen molar-refractivity contribution >= 4 is 52.7 Å². The molecule has 304 valence electrons. The SMILES string of the molecule is CCCCCC(C)N1C(=O)C(=C2/C(=C/C=C3\Sc4ccccc4N3CCC(C)C)CC/C2=C\C=C2/Sc3ccccc3N2CCC(C)C)C(=O)N(CCCC)C1=O. The molecule has 0 bridgehead atoms. The zero-order valence-electron chi connectivity index (χ0n) is 35.2. The van der Waals surface area contributed by atoms with Crippen LogP contribution in [0.15, 0.2) is 115 Å². The minimum absolute atomic E-state index is 0.137. The van der Waals surface area contributed by atoms with Crippen molar-refractivity contribution in [1.29, 1.82) is 0 Å². The highest BCUT2D eigenvalue weighted by Crippen LogP contribution is 2.48. The summed E-state index contributed by atoms with van der Waals surface area (Å²) in [4.78, 5) is 53.6. The van der Waals surface area contributed by atoms with Crippen molar-refractivity contribution in [1.82, 2.24) is 9.80 Å². The molecule has 0 aromatic heterocycles. The van der Waals surface area contributed by atoms with Gasteiger partial charge in [0.15, 0.2) is 0 Å². The molecule has 1 saturated carbocycles. The molecule has 4 amide bonds. The molecule has 57 heavy (non-hydrogen) atoms. The summed E-state index contributed by atoms with van der Waals surface area (Å²) in [7, 11) is 0. The molecule has 2 aromatic rings. The van der Waals surface area contributed by atoms with Crippen LogP contribution in [0, 0.1) is 11.8 Å². The molecule has 0 N–H and O–H groups in total. The first kappa shape index (κ1) is 42.7. The van der Waals surface area contributed by atoms with E-state index in [1.807, 2.05) is 6.92 Å². The van der Waals surface area contributed by atoms with Gasteiger partial charge in [0.2, 0.25) is 0 Å². The number of rotatable bonds is 16. The van der Waals surface area contributed by atoms with E-state index in [2.05, 4.69) is 124 Å². The molecular formula is C48H62N4O3S2. The number of nitrogens with zero attached hydrogens (tertiary/aromatic N) is 4. The van der Waals surface area contributed by atoms with Crippen LogP contribution in [-0.2, 0) is 9.59 Å². The van der Waals surface area contributed by atoms with Crippen molar-refractivity contribution in [3.63, 3.8) is 0 Å². The van der Waals surface area contributed by atoms with Gasteiger partial charge in [0.1, 0.15) is 5.57 Å². The summed E-state index contributed by atoms with van der Waals surface area (Å²) < 4.78 is 0. The van der Waals surface area contributed by atoms with Crippen molar-refractivity contribution in [2.45, 2.75) is 129 Å². The first-order valence-corrected chi connectivity index (χ1v) is 23.0. The Kier molecular flexibility index (Phi) is 14.7. The highest BCUT2D eigenvalue weighted by atomic mass is 32.2. The van der Waals surface area contributed by atoms with E-state index in [4.69, 9.17) is 0 Å². The fourth-order valence-electron chi connectivity index (χ4n) is 7.90. The van der Waals surface area contributed by atoms with Crippen LogP contribution in [0.25, 0.3) is 0 Å². The minimum atomic E-state index is -0.480. The van der Waals surface area contributed by atoms with E-state index < -0.39 is 17.8 Å². The average Bonchev–Trinajstić information content (AvgIpc) is 3.87. The van der Waals surface area contributed by atoms with Gasteiger partial charge in [-0.1, -0.05) is 127 Å². The number of anilines is 2. The van der Waals surface area contributed by atoms with Gasteiger partial charge in [-0.05, 0) is 110 Å². The topological polar surface area (TPSA) is 64.2 Å². The number of amides is 4. The molecule has 3 heterocycles. The molecule has 2 aromatic carbocycles. The highest BCUT2D eigenvalue weighted by Gasteiger charge is 2.46. The van der Waals surface area contributed by atoms with E-state index in [1.165, 1.54) is 31.0 Å². The number of fused-ring (bicyclic) bond motifs is 2. The molecule has 7 nitrogen and oxygen atoms in total. The van der Waals surface area contributed by atoms with Gasteiger partial charge < -0.3 is 9.80 Å². The fraction of sp³-hybridized carbons (Fsp3) is 0.479. The third-order valence-electron chi connectivity index (χ3n) is 11.3. The van der Waals surface area contributed by atoms with Crippen molar-refractivity contribution in [3.8, 4) is 0 Å². The van der Waals surface area contributed by atoms with Gasteiger partial charge in [0.25, 0.3) is 11.8 Å². The first-order valence-electron chi connectivity index (χ1n) is 21.4. The molecule has 1 unspecified atom stereocenters.